The topological polar surface area (TPSA) is 301 Å². The first-order valence-corrected chi connectivity index (χ1v) is 31.6. The molecule has 0 aliphatic heterocycles. The van der Waals surface area contributed by atoms with Crippen molar-refractivity contribution in [2.45, 2.75) is 279 Å². The van der Waals surface area contributed by atoms with Crippen LogP contribution in [0.3, 0.4) is 0 Å². The molecule has 1 aromatic carbocycles. The molecule has 0 radical (unpaired) electrons. The maximum Gasteiger partial charge on any atom is 0.306 e. The number of carbonyl (C=O) groups excluding carboxylic acids is 8. The van der Waals surface area contributed by atoms with Gasteiger partial charge in [0.15, 0.2) is 0 Å². The molecule has 0 fully saturated rings. The van der Waals surface area contributed by atoms with Crippen LogP contribution in [-0.4, -0.2) is 131 Å². The van der Waals surface area contributed by atoms with E-state index in [1.54, 1.807) is 183 Å². The molecule has 3 rings (SSSR count). The summed E-state index contributed by atoms with van der Waals surface area (Å²) in [7, 11) is -2.89. The summed E-state index contributed by atoms with van der Waals surface area (Å²) in [5.74, 6) is -3.35. The molecular weight excluding hydrogens is 1170 g/mol. The molecule has 0 spiro atoms. The van der Waals surface area contributed by atoms with Crippen LogP contribution in [0.25, 0.3) is 0 Å². The Bertz CT molecular complexity index is 2600. The zero-order valence-corrected chi connectivity index (χ0v) is 57.0. The van der Waals surface area contributed by atoms with Crippen molar-refractivity contribution in [3.8, 4) is 0 Å². The molecule has 500 valence electrons. The summed E-state index contributed by atoms with van der Waals surface area (Å²) < 4.78 is 62.4. The van der Waals surface area contributed by atoms with Gasteiger partial charge in [0.2, 0.25) is 22.7 Å². The molecule has 25 heteroatoms. The Morgan fingerprint density at radius 2 is 0.708 bits per heavy atom. The van der Waals surface area contributed by atoms with Crippen LogP contribution >= 0.6 is 0 Å². The summed E-state index contributed by atoms with van der Waals surface area (Å²) in [6, 6.07) is 6.86. The van der Waals surface area contributed by atoms with Crippen molar-refractivity contribution in [3.63, 3.8) is 0 Å². The number of nitrogens with one attached hydrogen (secondary N) is 3. The van der Waals surface area contributed by atoms with E-state index in [-0.39, 0.29) is 103 Å². The molecule has 0 saturated heterocycles. The fourth-order valence-corrected chi connectivity index (χ4v) is 9.89. The molecule has 24 nitrogen and oxygen atoms in total. The Morgan fingerprint density at radius 3 is 0.955 bits per heavy atom. The van der Waals surface area contributed by atoms with Gasteiger partial charge in [-0.1, -0.05) is 12.1 Å². The Hall–Kier alpha value is -6.89. The zero-order valence-electron chi connectivity index (χ0n) is 56.1. The number of amides is 2. The third-order valence-electron chi connectivity index (χ3n) is 13.0. The first-order chi connectivity index (χ1) is 40.8. The Kier molecular flexibility index (Phi) is 28.1. The lowest BCUT2D eigenvalue weighted by molar-refractivity contribution is -0.158. The van der Waals surface area contributed by atoms with Crippen molar-refractivity contribution in [2.75, 3.05) is 11.3 Å². The average Bonchev–Trinajstić information content (AvgIpc) is 4.26. The van der Waals surface area contributed by atoms with Crippen LogP contribution in [0.2, 0.25) is 0 Å². The number of aromatic nitrogens is 4. The fraction of sp³-hybridized carbons (Fsp3) is 0.688. The summed E-state index contributed by atoms with van der Waals surface area (Å²) in [6.45, 7) is 31.3. The molecule has 0 bridgehead atoms. The number of hydrogen-bond donors (Lipinski definition) is 4. The first kappa shape index (κ1) is 76.4. The van der Waals surface area contributed by atoms with Gasteiger partial charge in [-0.05, 0) is 187 Å². The van der Waals surface area contributed by atoms with Crippen LogP contribution in [0, 0.1) is 0 Å². The summed E-state index contributed by atoms with van der Waals surface area (Å²) >= 11 is 0. The minimum atomic E-state index is -2.89. The van der Waals surface area contributed by atoms with Crippen LogP contribution in [-0.2, 0) is 110 Å². The number of carbonyl (C=O) groups is 8. The van der Waals surface area contributed by atoms with E-state index in [1.807, 2.05) is 4.90 Å². The lowest BCUT2D eigenvalue weighted by atomic mass is 9.83. The lowest BCUT2D eigenvalue weighted by Crippen LogP contribution is -2.51. The monoisotopic (exact) mass is 1270 g/mol. The molecule has 0 saturated carbocycles. The quantitative estimate of drug-likeness (QED) is 0.0252. The van der Waals surface area contributed by atoms with Gasteiger partial charge in [-0.3, -0.25) is 48.0 Å². The van der Waals surface area contributed by atoms with Gasteiger partial charge in [0.25, 0.3) is 0 Å². The smallest absolute Gasteiger partial charge is 0.306 e. The Labute approximate surface area is 528 Å². The number of esters is 6. The largest absolute Gasteiger partial charge is 0.460 e. The summed E-state index contributed by atoms with van der Waals surface area (Å²) in [6.07, 6.45) is 5.90. The van der Waals surface area contributed by atoms with Crippen molar-refractivity contribution in [1.29, 1.82) is 0 Å². The molecule has 2 aromatic heterocycles. The number of rotatable bonds is 33. The highest BCUT2D eigenvalue weighted by atomic mass is 32.2. The van der Waals surface area contributed by atoms with Crippen molar-refractivity contribution < 1.29 is 75.2 Å². The van der Waals surface area contributed by atoms with Gasteiger partial charge < -0.3 is 48.2 Å². The summed E-state index contributed by atoms with van der Waals surface area (Å²) in [4.78, 5) is 120. The van der Waals surface area contributed by atoms with Gasteiger partial charge in [0.1, 0.15) is 58.3 Å². The fourth-order valence-electron chi connectivity index (χ4n) is 9.53. The van der Waals surface area contributed by atoms with E-state index < -0.39 is 103 Å². The van der Waals surface area contributed by atoms with Crippen molar-refractivity contribution in [1.82, 2.24) is 34.6 Å². The molecule has 2 heterocycles. The predicted molar refractivity (Wildman–Crippen MR) is 335 cm³/mol. The molecule has 89 heavy (non-hydrogen) atoms. The van der Waals surface area contributed by atoms with E-state index in [2.05, 4.69) is 25.3 Å². The van der Waals surface area contributed by atoms with Crippen LogP contribution in [0.15, 0.2) is 49.1 Å². The van der Waals surface area contributed by atoms with Crippen LogP contribution in [0.4, 0.5) is 5.69 Å². The van der Waals surface area contributed by atoms with E-state index in [1.165, 1.54) is 0 Å². The summed E-state index contributed by atoms with van der Waals surface area (Å²) in [5, 5.41) is 6.25. The highest BCUT2D eigenvalue weighted by Gasteiger charge is 2.38. The van der Waals surface area contributed by atoms with E-state index in [4.69, 9.17) is 28.4 Å². The predicted octanol–water partition coefficient (Wildman–Crippen LogP) is 8.70. The second-order valence-corrected chi connectivity index (χ2v) is 29.4. The van der Waals surface area contributed by atoms with E-state index >= 15 is 0 Å². The van der Waals surface area contributed by atoms with E-state index in [9.17, 15) is 46.8 Å². The molecular formula is C64H102N8O16S. The standard InChI is InChI=1S/C64H102N8O16S/c1-57(2,3)83-51(75)23-30-63(31-24-52(76)84-58(4,5)6,32-25-53(77)85-59(7,8)9)67-49(73)43-71-39-36-65-47(71)41-70(38-29-45-19-21-46(22-20-45)69-89(81)82)42-48-66-37-40-72(48)44-50(74)68-64(33-26-54(78)86-60(10,11)12,34-27-55(79)87-61(13,14)15)35-28-56(80)88-62(16,17)18/h19-22,36-37,39-40,89H,23-35,38,41-44H2,1-18H3,(H,67,73)(H,68,74)(H,69,81,82). The van der Waals surface area contributed by atoms with Gasteiger partial charge in [0, 0.05) is 86.6 Å². The highest BCUT2D eigenvalue weighted by molar-refractivity contribution is 7.73. The molecule has 2 amide bonds. The van der Waals surface area contributed by atoms with Gasteiger partial charge in [-0.25, -0.2) is 18.4 Å². The van der Waals surface area contributed by atoms with Gasteiger partial charge in [-0.2, -0.15) is 0 Å². The van der Waals surface area contributed by atoms with Gasteiger partial charge in [-0.15, -0.1) is 0 Å². The highest BCUT2D eigenvalue weighted by Crippen LogP contribution is 2.31. The van der Waals surface area contributed by atoms with Gasteiger partial charge >= 0.3 is 35.8 Å². The van der Waals surface area contributed by atoms with Crippen LogP contribution in [0.5, 0.6) is 0 Å². The Morgan fingerprint density at radius 1 is 0.438 bits per heavy atom. The number of nitrogens with zero attached hydrogens (tertiary/aromatic N) is 5. The molecule has 3 aromatic rings. The molecule has 0 aliphatic rings. The number of hydrogen-bond acceptors (Lipinski definition) is 19. The minimum absolute atomic E-state index is 0.00597. The second kappa shape index (κ2) is 32.7. The second-order valence-electron chi connectivity index (χ2n) is 28.6. The van der Waals surface area contributed by atoms with Crippen molar-refractivity contribution in [3.05, 3.63) is 66.3 Å². The number of imidazole rings is 2. The molecule has 0 atom stereocenters. The maximum absolute atomic E-state index is 14.6. The Balaban J connectivity index is 2.08. The zero-order chi connectivity index (χ0) is 67.4. The van der Waals surface area contributed by atoms with Crippen molar-refractivity contribution in [2.24, 2.45) is 0 Å². The number of ether oxygens (including phenoxy) is 6. The number of thiol groups is 1. The average molecular weight is 1270 g/mol. The lowest BCUT2D eigenvalue weighted by Gasteiger charge is -2.36. The molecule has 0 unspecified atom stereocenters. The van der Waals surface area contributed by atoms with E-state index in [0.717, 1.165) is 5.56 Å². The summed E-state index contributed by atoms with van der Waals surface area (Å²) in [5.41, 5.74) is -6.24. The minimum Gasteiger partial charge on any atom is -0.460 e. The van der Waals surface area contributed by atoms with Crippen LogP contribution < -0.4 is 15.4 Å². The number of benzene rings is 1. The third-order valence-corrected chi connectivity index (χ3v) is 13.5. The third kappa shape index (κ3) is 33.0. The molecule has 3 N–H and O–H groups in total. The number of anilines is 1. The van der Waals surface area contributed by atoms with E-state index in [0.29, 0.717) is 30.3 Å². The first-order valence-electron chi connectivity index (χ1n) is 30.4. The molecule has 0 aliphatic carbocycles. The SMILES string of the molecule is CC(C)(C)OC(=O)CCC(CCC(=O)OC(C)(C)C)(CCC(=O)OC(C)(C)C)NC(=O)Cn1ccnc1CN(CCc1ccc(N[SH](=O)=O)cc1)Cc1nccn1CC(=O)NC(CCC(=O)OC(C)(C)C)(CCC(=O)OC(C)(C)C)CCC(=O)OC(C)(C)C. The van der Waals surface area contributed by atoms with Gasteiger partial charge in [0.05, 0.1) is 13.1 Å². The van der Waals surface area contributed by atoms with Crippen molar-refractivity contribution >= 4 is 64.2 Å². The normalized spacial score (nSPS) is 12.7. The maximum atomic E-state index is 14.6. The van der Waals surface area contributed by atoms with Crippen LogP contribution in [0.1, 0.15) is 219 Å².